The van der Waals surface area contributed by atoms with E-state index in [0.717, 1.165) is 5.69 Å². The van der Waals surface area contributed by atoms with Crippen molar-refractivity contribution >= 4 is 23.2 Å². The van der Waals surface area contributed by atoms with E-state index in [1.165, 1.54) is 0 Å². The summed E-state index contributed by atoms with van der Waals surface area (Å²) < 4.78 is 5.71. The average Bonchev–Trinajstić information content (AvgIpc) is 2.63. The number of aromatic hydroxyl groups is 1. The van der Waals surface area contributed by atoms with E-state index >= 15 is 0 Å². The van der Waals surface area contributed by atoms with Gasteiger partial charge in [0.25, 0.3) is 5.91 Å². The van der Waals surface area contributed by atoms with Gasteiger partial charge in [-0.15, -0.1) is 0 Å². The Morgan fingerprint density at radius 1 is 1.08 bits per heavy atom. The molecule has 6 heteroatoms. The van der Waals surface area contributed by atoms with Crippen molar-refractivity contribution in [2.45, 2.75) is 13.0 Å². The van der Waals surface area contributed by atoms with Crippen LogP contribution in [-0.2, 0) is 4.79 Å². The number of hydrogen-bond donors (Lipinski definition) is 1. The highest BCUT2D eigenvalue weighted by Gasteiger charge is 2.26. The number of benzene rings is 2. The molecule has 0 bridgehead atoms. The molecule has 1 unspecified atom stereocenters. The second-order valence-electron chi connectivity index (χ2n) is 6.02. The number of para-hydroxylation sites is 2. The SMILES string of the molecule is CC(Oc1ccc(Cl)cc1)C(=O)N1CCN(c2ccccc2O)CC1. The summed E-state index contributed by atoms with van der Waals surface area (Å²) in [6, 6.07) is 14.2. The first-order valence-electron chi connectivity index (χ1n) is 8.28. The van der Waals surface area contributed by atoms with Crippen molar-refractivity contribution in [2.24, 2.45) is 0 Å². The summed E-state index contributed by atoms with van der Waals surface area (Å²) >= 11 is 5.85. The highest BCUT2D eigenvalue weighted by Crippen LogP contribution is 2.27. The molecular formula is C19H21ClN2O3. The summed E-state index contributed by atoms with van der Waals surface area (Å²) in [5.74, 6) is 0.853. The van der Waals surface area contributed by atoms with Crippen LogP contribution in [0.15, 0.2) is 48.5 Å². The number of ether oxygens (including phenoxy) is 1. The van der Waals surface area contributed by atoms with Crippen LogP contribution in [0.2, 0.25) is 5.02 Å². The third-order valence-corrected chi connectivity index (χ3v) is 4.54. The van der Waals surface area contributed by atoms with Crippen LogP contribution in [0.5, 0.6) is 11.5 Å². The van der Waals surface area contributed by atoms with Gasteiger partial charge in [-0.1, -0.05) is 23.7 Å². The van der Waals surface area contributed by atoms with Crippen LogP contribution in [0.3, 0.4) is 0 Å². The summed E-state index contributed by atoms with van der Waals surface area (Å²) in [7, 11) is 0. The molecule has 0 spiro atoms. The van der Waals surface area contributed by atoms with Crippen molar-refractivity contribution < 1.29 is 14.6 Å². The highest BCUT2D eigenvalue weighted by atomic mass is 35.5. The van der Waals surface area contributed by atoms with Gasteiger partial charge in [-0.3, -0.25) is 4.79 Å². The number of phenolic OH excluding ortho intramolecular Hbond substituents is 1. The monoisotopic (exact) mass is 360 g/mol. The molecule has 1 aliphatic rings. The second-order valence-corrected chi connectivity index (χ2v) is 6.45. The van der Waals surface area contributed by atoms with Gasteiger partial charge in [-0.25, -0.2) is 0 Å². The molecule has 0 aromatic heterocycles. The average molecular weight is 361 g/mol. The Balaban J connectivity index is 1.56. The highest BCUT2D eigenvalue weighted by molar-refractivity contribution is 6.30. The van der Waals surface area contributed by atoms with Gasteiger partial charge >= 0.3 is 0 Å². The molecule has 5 nitrogen and oxygen atoms in total. The lowest BCUT2D eigenvalue weighted by Crippen LogP contribution is -2.52. The van der Waals surface area contributed by atoms with Crippen molar-refractivity contribution in [2.75, 3.05) is 31.1 Å². The Labute approximate surface area is 152 Å². The van der Waals surface area contributed by atoms with Crippen molar-refractivity contribution in [1.29, 1.82) is 0 Å². The van der Waals surface area contributed by atoms with Crippen LogP contribution in [-0.4, -0.2) is 48.2 Å². The number of piperazine rings is 1. The third-order valence-electron chi connectivity index (χ3n) is 4.29. The normalized spacial score (nSPS) is 15.8. The van der Waals surface area contributed by atoms with Crippen LogP contribution in [0.4, 0.5) is 5.69 Å². The molecule has 2 aromatic rings. The summed E-state index contributed by atoms with van der Waals surface area (Å²) in [6.45, 7) is 4.31. The molecule has 3 rings (SSSR count). The minimum absolute atomic E-state index is 0.0353. The van der Waals surface area contributed by atoms with E-state index in [4.69, 9.17) is 16.3 Å². The molecule has 1 amide bonds. The number of anilines is 1. The van der Waals surface area contributed by atoms with Crippen LogP contribution in [0.25, 0.3) is 0 Å². The van der Waals surface area contributed by atoms with E-state index in [9.17, 15) is 9.90 Å². The molecule has 1 saturated heterocycles. The Morgan fingerprint density at radius 3 is 2.36 bits per heavy atom. The fraction of sp³-hybridized carbons (Fsp3) is 0.316. The lowest BCUT2D eigenvalue weighted by atomic mass is 10.2. The molecule has 0 saturated carbocycles. The van der Waals surface area contributed by atoms with Crippen molar-refractivity contribution in [1.82, 2.24) is 4.90 Å². The van der Waals surface area contributed by atoms with E-state index in [2.05, 4.69) is 4.90 Å². The zero-order valence-electron chi connectivity index (χ0n) is 14.1. The molecule has 1 atom stereocenters. The largest absolute Gasteiger partial charge is 0.506 e. The van der Waals surface area contributed by atoms with Crippen LogP contribution in [0, 0.1) is 0 Å². The Kier molecular flexibility index (Phi) is 5.34. The first-order chi connectivity index (χ1) is 12.0. The predicted octanol–water partition coefficient (Wildman–Crippen LogP) is 3.16. The molecule has 0 radical (unpaired) electrons. The maximum atomic E-state index is 12.6. The van der Waals surface area contributed by atoms with E-state index in [0.29, 0.717) is 37.0 Å². The summed E-state index contributed by atoms with van der Waals surface area (Å²) in [6.07, 6.45) is -0.558. The predicted molar refractivity (Wildman–Crippen MR) is 98.4 cm³/mol. The topological polar surface area (TPSA) is 53.0 Å². The lowest BCUT2D eigenvalue weighted by molar-refractivity contribution is -0.138. The zero-order chi connectivity index (χ0) is 17.8. The molecule has 2 aromatic carbocycles. The van der Waals surface area contributed by atoms with Gasteiger partial charge in [0.15, 0.2) is 6.10 Å². The fourth-order valence-corrected chi connectivity index (χ4v) is 3.05. The number of nitrogens with zero attached hydrogens (tertiary/aromatic N) is 2. The fourth-order valence-electron chi connectivity index (χ4n) is 2.92. The first-order valence-corrected chi connectivity index (χ1v) is 8.66. The molecule has 0 aliphatic carbocycles. The Hall–Kier alpha value is -2.40. The van der Waals surface area contributed by atoms with Gasteiger partial charge in [0.1, 0.15) is 11.5 Å². The van der Waals surface area contributed by atoms with Gasteiger partial charge < -0.3 is 19.6 Å². The quantitative estimate of drug-likeness (QED) is 0.910. The van der Waals surface area contributed by atoms with Gasteiger partial charge in [-0.2, -0.15) is 0 Å². The lowest BCUT2D eigenvalue weighted by Gasteiger charge is -2.37. The number of carbonyl (C=O) groups is 1. The van der Waals surface area contributed by atoms with Crippen molar-refractivity contribution in [3.63, 3.8) is 0 Å². The van der Waals surface area contributed by atoms with Crippen LogP contribution in [0.1, 0.15) is 6.92 Å². The number of amides is 1. The van der Waals surface area contributed by atoms with Crippen molar-refractivity contribution in [3.8, 4) is 11.5 Å². The minimum atomic E-state index is -0.558. The molecule has 1 fully saturated rings. The van der Waals surface area contributed by atoms with E-state index in [1.54, 1.807) is 48.2 Å². The number of phenols is 1. The van der Waals surface area contributed by atoms with Gasteiger partial charge in [0.05, 0.1) is 5.69 Å². The molecule has 25 heavy (non-hydrogen) atoms. The molecule has 1 heterocycles. The van der Waals surface area contributed by atoms with Crippen LogP contribution >= 0.6 is 11.6 Å². The van der Waals surface area contributed by atoms with Crippen molar-refractivity contribution in [3.05, 3.63) is 53.6 Å². The summed E-state index contributed by atoms with van der Waals surface area (Å²) in [4.78, 5) is 16.5. The summed E-state index contributed by atoms with van der Waals surface area (Å²) in [5.41, 5.74) is 0.806. The molecule has 1 aliphatic heterocycles. The van der Waals surface area contributed by atoms with E-state index < -0.39 is 6.10 Å². The van der Waals surface area contributed by atoms with E-state index in [-0.39, 0.29) is 11.7 Å². The molecule has 1 N–H and O–H groups in total. The standard InChI is InChI=1S/C19H21ClN2O3/c1-14(25-16-8-6-15(20)7-9-16)19(24)22-12-10-21(11-13-22)17-4-2-3-5-18(17)23/h2-9,14,23H,10-13H2,1H3. The summed E-state index contributed by atoms with van der Waals surface area (Å²) in [5, 5.41) is 10.6. The number of rotatable bonds is 4. The maximum absolute atomic E-state index is 12.6. The second kappa shape index (κ2) is 7.66. The number of hydrogen-bond acceptors (Lipinski definition) is 4. The molecular weight excluding hydrogens is 340 g/mol. The Bertz CT molecular complexity index is 728. The maximum Gasteiger partial charge on any atom is 0.263 e. The Morgan fingerprint density at radius 2 is 1.72 bits per heavy atom. The van der Waals surface area contributed by atoms with Gasteiger partial charge in [-0.05, 0) is 43.3 Å². The first kappa shape index (κ1) is 17.4. The van der Waals surface area contributed by atoms with Gasteiger partial charge in [0.2, 0.25) is 0 Å². The minimum Gasteiger partial charge on any atom is -0.506 e. The number of carbonyl (C=O) groups excluding carboxylic acids is 1. The smallest absolute Gasteiger partial charge is 0.263 e. The third kappa shape index (κ3) is 4.17. The zero-order valence-corrected chi connectivity index (χ0v) is 14.8. The van der Waals surface area contributed by atoms with E-state index in [1.807, 2.05) is 12.1 Å². The number of halogens is 1. The van der Waals surface area contributed by atoms with Gasteiger partial charge in [0, 0.05) is 31.2 Å². The molecule has 132 valence electrons. The van der Waals surface area contributed by atoms with Crippen LogP contribution < -0.4 is 9.64 Å².